The van der Waals surface area contributed by atoms with Gasteiger partial charge < -0.3 is 9.33 Å². The first-order valence-corrected chi connectivity index (χ1v) is 12.1. The van der Waals surface area contributed by atoms with Crippen LogP contribution >= 0.6 is 0 Å². The molecule has 1 aromatic rings. The van der Waals surface area contributed by atoms with Crippen molar-refractivity contribution in [2.45, 2.75) is 57.0 Å². The van der Waals surface area contributed by atoms with Crippen LogP contribution in [0.4, 0.5) is 13.2 Å². The first-order chi connectivity index (χ1) is 12.0. The fraction of sp³-hybridized carbons (Fsp3) is 0.556. The normalized spacial score (nSPS) is 19.8. The Labute approximate surface area is 152 Å². The van der Waals surface area contributed by atoms with Crippen molar-refractivity contribution in [3.05, 3.63) is 35.9 Å². The molecule has 1 aliphatic rings. The molecule has 4 nitrogen and oxygen atoms in total. The lowest BCUT2D eigenvalue weighted by Crippen LogP contribution is -2.53. The van der Waals surface area contributed by atoms with Crippen LogP contribution in [0.3, 0.4) is 0 Å². The molecule has 1 fully saturated rings. The Morgan fingerprint density at radius 3 is 2.31 bits per heavy atom. The third kappa shape index (κ3) is 5.09. The van der Waals surface area contributed by atoms with Crippen molar-refractivity contribution < 1.29 is 27.2 Å². The summed E-state index contributed by atoms with van der Waals surface area (Å²) >= 11 is 0. The molecule has 0 saturated carbocycles. The van der Waals surface area contributed by atoms with E-state index in [-0.39, 0.29) is 6.54 Å². The van der Waals surface area contributed by atoms with E-state index in [2.05, 4.69) is 0 Å². The Morgan fingerprint density at radius 1 is 1.15 bits per heavy atom. The number of benzene rings is 1. The average molecular weight is 387 g/mol. The van der Waals surface area contributed by atoms with Crippen molar-refractivity contribution in [3.8, 4) is 0 Å². The van der Waals surface area contributed by atoms with Gasteiger partial charge in [0.2, 0.25) is 8.32 Å². The minimum Gasteiger partial charge on any atom is -0.519 e. The van der Waals surface area contributed by atoms with E-state index >= 15 is 0 Å². The molecular formula is C18H24F3NO3Si. The van der Waals surface area contributed by atoms with E-state index in [1.807, 2.05) is 19.6 Å². The monoisotopic (exact) mass is 387 g/mol. The summed E-state index contributed by atoms with van der Waals surface area (Å²) in [6.45, 7) is 5.51. The van der Waals surface area contributed by atoms with E-state index < -0.39 is 38.3 Å². The average Bonchev–Trinajstić information content (AvgIpc) is 2.53. The number of hydrogen-bond acceptors (Lipinski definition) is 3. The van der Waals surface area contributed by atoms with Crippen molar-refractivity contribution in [3.63, 3.8) is 0 Å². The van der Waals surface area contributed by atoms with Gasteiger partial charge in [-0.25, -0.2) is 0 Å². The van der Waals surface area contributed by atoms with E-state index in [9.17, 15) is 22.8 Å². The second kappa shape index (κ2) is 7.81. The molecule has 0 aromatic heterocycles. The molecule has 8 heteroatoms. The van der Waals surface area contributed by atoms with Gasteiger partial charge in [0, 0.05) is 12.6 Å². The second-order valence-electron chi connectivity index (χ2n) is 7.48. The van der Waals surface area contributed by atoms with Crippen molar-refractivity contribution in [2.24, 2.45) is 0 Å². The van der Waals surface area contributed by atoms with Gasteiger partial charge in [-0.3, -0.25) is 9.59 Å². The second-order valence-corrected chi connectivity index (χ2v) is 11.9. The number of alkyl halides is 3. The van der Waals surface area contributed by atoms with E-state index in [1.165, 1.54) is 0 Å². The SMILES string of the molecule is C[Si](C)(C)OC(=O)C(c1ccccc1)C1CCCCN1C(=O)C(F)(F)F. The molecule has 2 atom stereocenters. The van der Waals surface area contributed by atoms with Gasteiger partial charge in [-0.15, -0.1) is 0 Å². The molecule has 0 aliphatic carbocycles. The highest BCUT2D eigenvalue weighted by atomic mass is 28.4. The van der Waals surface area contributed by atoms with Gasteiger partial charge in [-0.05, 0) is 44.5 Å². The maximum atomic E-state index is 13.0. The predicted octanol–water partition coefficient (Wildman–Crippen LogP) is 4.09. The lowest BCUT2D eigenvalue weighted by atomic mass is 9.85. The number of rotatable bonds is 4. The highest BCUT2D eigenvalue weighted by Gasteiger charge is 2.48. The number of carbonyl (C=O) groups is 2. The van der Waals surface area contributed by atoms with Crippen LogP contribution in [-0.2, 0) is 14.0 Å². The van der Waals surface area contributed by atoms with Crippen LogP contribution in [0.1, 0.15) is 30.7 Å². The zero-order valence-corrected chi connectivity index (χ0v) is 16.2. The molecule has 26 heavy (non-hydrogen) atoms. The molecule has 1 amide bonds. The molecule has 2 unspecified atom stereocenters. The molecule has 1 heterocycles. The first-order valence-electron chi connectivity index (χ1n) is 8.66. The highest BCUT2D eigenvalue weighted by Crippen LogP contribution is 2.34. The minimum atomic E-state index is -4.96. The molecule has 0 radical (unpaired) electrons. The number of halogens is 3. The lowest BCUT2D eigenvalue weighted by molar-refractivity contribution is -0.190. The molecule has 1 aliphatic heterocycles. The summed E-state index contributed by atoms with van der Waals surface area (Å²) in [5, 5.41) is 0. The summed E-state index contributed by atoms with van der Waals surface area (Å²) < 4.78 is 44.7. The van der Waals surface area contributed by atoms with E-state index in [1.54, 1.807) is 30.3 Å². The van der Waals surface area contributed by atoms with Crippen LogP contribution in [-0.4, -0.2) is 43.9 Å². The maximum Gasteiger partial charge on any atom is 0.471 e. The Kier molecular flexibility index (Phi) is 6.15. The highest BCUT2D eigenvalue weighted by molar-refractivity contribution is 6.71. The van der Waals surface area contributed by atoms with Crippen molar-refractivity contribution in [1.82, 2.24) is 4.90 Å². The molecule has 1 saturated heterocycles. The lowest BCUT2D eigenvalue weighted by Gasteiger charge is -2.40. The zero-order chi connectivity index (χ0) is 19.5. The number of piperidine rings is 1. The van der Waals surface area contributed by atoms with Crippen molar-refractivity contribution >= 4 is 20.2 Å². The third-order valence-electron chi connectivity index (χ3n) is 4.26. The van der Waals surface area contributed by atoms with Gasteiger partial charge in [0.05, 0.1) is 0 Å². The quantitative estimate of drug-likeness (QED) is 0.731. The maximum absolute atomic E-state index is 13.0. The Balaban J connectivity index is 2.42. The van der Waals surface area contributed by atoms with Gasteiger partial charge in [-0.2, -0.15) is 13.2 Å². The number of carbonyl (C=O) groups excluding carboxylic acids is 2. The minimum absolute atomic E-state index is 0.00737. The third-order valence-corrected chi connectivity index (χ3v) is 5.07. The molecule has 1 aromatic carbocycles. The van der Waals surface area contributed by atoms with Crippen LogP contribution in [0.15, 0.2) is 30.3 Å². The molecule has 0 bridgehead atoms. The Hall–Kier alpha value is -1.83. The zero-order valence-electron chi connectivity index (χ0n) is 15.2. The fourth-order valence-electron chi connectivity index (χ4n) is 3.26. The largest absolute Gasteiger partial charge is 0.519 e. The summed E-state index contributed by atoms with van der Waals surface area (Å²) in [7, 11) is -2.24. The molecule has 0 N–H and O–H groups in total. The van der Waals surface area contributed by atoms with E-state index in [4.69, 9.17) is 4.43 Å². The molecular weight excluding hydrogens is 363 g/mol. The van der Waals surface area contributed by atoms with Gasteiger partial charge in [0.25, 0.3) is 0 Å². The first kappa shape index (κ1) is 20.5. The van der Waals surface area contributed by atoms with Crippen LogP contribution in [0.5, 0.6) is 0 Å². The summed E-state index contributed by atoms with van der Waals surface area (Å²) in [6, 6.07) is 7.75. The van der Waals surface area contributed by atoms with Crippen LogP contribution in [0.25, 0.3) is 0 Å². The number of nitrogens with zero attached hydrogens (tertiary/aromatic N) is 1. The smallest absolute Gasteiger partial charge is 0.471 e. The summed E-state index contributed by atoms with van der Waals surface area (Å²) in [6.07, 6.45) is -3.47. The van der Waals surface area contributed by atoms with E-state index in [0.717, 1.165) is 4.90 Å². The van der Waals surface area contributed by atoms with Crippen LogP contribution in [0, 0.1) is 0 Å². The summed E-state index contributed by atoms with van der Waals surface area (Å²) in [4.78, 5) is 25.6. The van der Waals surface area contributed by atoms with Gasteiger partial charge >= 0.3 is 18.1 Å². The van der Waals surface area contributed by atoms with Crippen molar-refractivity contribution in [1.29, 1.82) is 0 Å². The standard InChI is InChI=1S/C18H24F3NO3Si/c1-26(2,3)25-16(23)15(13-9-5-4-6-10-13)14-11-7-8-12-22(14)17(24)18(19,20)21/h4-6,9-10,14-15H,7-8,11-12H2,1-3H3. The van der Waals surface area contributed by atoms with Crippen LogP contribution < -0.4 is 0 Å². The molecule has 2 rings (SSSR count). The van der Waals surface area contributed by atoms with Gasteiger partial charge in [0.15, 0.2) is 0 Å². The van der Waals surface area contributed by atoms with Gasteiger partial charge in [-0.1, -0.05) is 30.3 Å². The topological polar surface area (TPSA) is 46.6 Å². The number of likely N-dealkylation sites (tertiary alicyclic amines) is 1. The number of amides is 1. The molecule has 0 spiro atoms. The summed E-state index contributed by atoms with van der Waals surface area (Å²) in [5.41, 5.74) is 0.572. The Bertz CT molecular complexity index is 643. The summed E-state index contributed by atoms with van der Waals surface area (Å²) in [5.74, 6) is -3.36. The van der Waals surface area contributed by atoms with Gasteiger partial charge in [0.1, 0.15) is 5.92 Å². The molecule has 144 valence electrons. The Morgan fingerprint density at radius 2 is 1.77 bits per heavy atom. The van der Waals surface area contributed by atoms with Crippen LogP contribution in [0.2, 0.25) is 19.6 Å². The van der Waals surface area contributed by atoms with E-state index in [0.29, 0.717) is 24.8 Å². The number of hydrogen-bond donors (Lipinski definition) is 0. The van der Waals surface area contributed by atoms with Crippen molar-refractivity contribution in [2.75, 3.05) is 6.54 Å². The predicted molar refractivity (Wildman–Crippen MR) is 94.0 cm³/mol. The fourth-order valence-corrected chi connectivity index (χ4v) is 3.99.